The molecule has 1 heterocycles. The van der Waals surface area contributed by atoms with Crippen LogP contribution in [0.4, 0.5) is 0 Å². The molecule has 0 fully saturated rings. The zero-order valence-corrected chi connectivity index (χ0v) is 12.0. The number of aromatic nitrogens is 2. The van der Waals surface area contributed by atoms with Crippen molar-refractivity contribution < 1.29 is 4.74 Å². The summed E-state index contributed by atoms with van der Waals surface area (Å²) in [5.41, 5.74) is 2.03. The number of unbranched alkanes of at least 4 members (excludes halogenated alkanes) is 1. The first-order valence-electron chi connectivity index (χ1n) is 6.52. The number of ether oxygens (including phenoxy) is 1. The predicted molar refractivity (Wildman–Crippen MR) is 80.1 cm³/mol. The molecule has 0 spiro atoms. The van der Waals surface area contributed by atoms with E-state index in [0.29, 0.717) is 11.6 Å². The van der Waals surface area contributed by atoms with Crippen molar-refractivity contribution in [2.75, 3.05) is 0 Å². The van der Waals surface area contributed by atoms with Gasteiger partial charge in [0.2, 0.25) is 11.2 Å². The number of nitrogens with one attached hydrogen (secondary N) is 1. The molecule has 0 amide bonds. The second kappa shape index (κ2) is 7.01. The van der Waals surface area contributed by atoms with Crippen molar-refractivity contribution >= 4 is 17.8 Å². The summed E-state index contributed by atoms with van der Waals surface area (Å²) in [6.07, 6.45) is 6.11. The van der Waals surface area contributed by atoms with Gasteiger partial charge >= 0.3 is 0 Å². The molecule has 1 N–H and O–H groups in total. The lowest BCUT2D eigenvalue weighted by Crippen LogP contribution is -1.95. The molecule has 1 aromatic heterocycles. The van der Waals surface area contributed by atoms with Gasteiger partial charge in [-0.25, -0.2) is 4.98 Å². The van der Waals surface area contributed by atoms with Gasteiger partial charge in [-0.15, -0.1) is 0 Å². The van der Waals surface area contributed by atoms with Crippen molar-refractivity contribution in [3.05, 3.63) is 46.9 Å². The number of rotatable bonds is 6. The van der Waals surface area contributed by atoms with E-state index in [-0.39, 0.29) is 5.28 Å². The molecule has 20 heavy (non-hydrogen) atoms. The summed E-state index contributed by atoms with van der Waals surface area (Å²) in [5.74, 6) is 1.03. The van der Waals surface area contributed by atoms with Crippen LogP contribution in [0, 0.1) is 5.41 Å². The van der Waals surface area contributed by atoms with E-state index in [9.17, 15) is 0 Å². The third-order valence-electron chi connectivity index (χ3n) is 2.90. The fourth-order valence-electron chi connectivity index (χ4n) is 1.86. The summed E-state index contributed by atoms with van der Waals surface area (Å²) in [7, 11) is 0. The number of hydrogen-bond acceptors (Lipinski definition) is 4. The van der Waals surface area contributed by atoms with Crippen molar-refractivity contribution in [2.24, 2.45) is 0 Å². The summed E-state index contributed by atoms with van der Waals surface area (Å²) >= 11 is 5.71. The fourth-order valence-corrected chi connectivity index (χ4v) is 2.00. The molecule has 5 heteroatoms. The van der Waals surface area contributed by atoms with Gasteiger partial charge in [0.15, 0.2) is 0 Å². The Kier molecular flexibility index (Phi) is 5.07. The molecule has 0 saturated heterocycles. The molecule has 0 aliphatic carbocycles. The second-order valence-corrected chi connectivity index (χ2v) is 4.71. The second-order valence-electron chi connectivity index (χ2n) is 4.37. The Labute approximate surface area is 123 Å². The lowest BCUT2D eigenvalue weighted by Gasteiger charge is -2.09. The predicted octanol–water partition coefficient (Wildman–Crippen LogP) is 4.26. The van der Waals surface area contributed by atoms with Crippen molar-refractivity contribution in [3.8, 4) is 11.6 Å². The number of nitrogens with zero attached hydrogens (tertiary/aromatic N) is 2. The van der Waals surface area contributed by atoms with Crippen LogP contribution in [0.15, 0.2) is 30.5 Å². The van der Waals surface area contributed by atoms with E-state index in [0.717, 1.165) is 30.4 Å². The molecule has 2 aromatic rings. The summed E-state index contributed by atoms with van der Waals surface area (Å²) in [5, 5.41) is 7.65. The molecule has 0 radical (unpaired) electrons. The molecule has 0 bridgehead atoms. The number of aryl methyl sites for hydroxylation is 1. The molecule has 1 aromatic carbocycles. The Morgan fingerprint density at radius 1 is 1.35 bits per heavy atom. The maximum absolute atomic E-state index is 7.50. The van der Waals surface area contributed by atoms with Crippen LogP contribution in [-0.2, 0) is 6.42 Å². The molecule has 4 nitrogen and oxygen atoms in total. The van der Waals surface area contributed by atoms with E-state index in [2.05, 4.69) is 16.9 Å². The van der Waals surface area contributed by atoms with Gasteiger partial charge in [0.1, 0.15) is 5.75 Å². The third-order valence-corrected chi connectivity index (χ3v) is 3.08. The molecular weight excluding hydrogens is 274 g/mol. The van der Waals surface area contributed by atoms with Gasteiger partial charge in [-0.2, -0.15) is 4.98 Å². The van der Waals surface area contributed by atoms with E-state index < -0.39 is 0 Å². The molecule has 0 aliphatic heterocycles. The normalized spacial score (nSPS) is 10.3. The topological polar surface area (TPSA) is 58.9 Å². The molecule has 0 atom stereocenters. The van der Waals surface area contributed by atoms with Crippen LogP contribution in [0.2, 0.25) is 5.28 Å². The van der Waals surface area contributed by atoms with E-state index in [1.54, 1.807) is 6.07 Å². The summed E-state index contributed by atoms with van der Waals surface area (Å²) in [6, 6.07) is 7.36. The fraction of sp³-hybridized carbons (Fsp3) is 0.267. The number of benzene rings is 1. The Bertz CT molecular complexity index is 601. The lowest BCUT2D eigenvalue weighted by molar-refractivity contribution is 0.461. The Hall–Kier alpha value is -1.94. The van der Waals surface area contributed by atoms with Crippen molar-refractivity contribution in [1.82, 2.24) is 9.97 Å². The summed E-state index contributed by atoms with van der Waals surface area (Å²) < 4.78 is 5.62. The van der Waals surface area contributed by atoms with Crippen molar-refractivity contribution in [1.29, 1.82) is 5.41 Å². The minimum atomic E-state index is 0.148. The largest absolute Gasteiger partial charge is 0.439 e. The van der Waals surface area contributed by atoms with Gasteiger partial charge in [-0.3, -0.25) is 0 Å². The number of hydrogen-bond donors (Lipinski definition) is 1. The lowest BCUT2D eigenvalue weighted by atomic mass is 10.0. The van der Waals surface area contributed by atoms with E-state index in [1.807, 2.05) is 18.2 Å². The Morgan fingerprint density at radius 3 is 2.90 bits per heavy atom. The summed E-state index contributed by atoms with van der Waals surface area (Å²) in [6.45, 7) is 2.15. The maximum Gasteiger partial charge on any atom is 0.225 e. The van der Waals surface area contributed by atoms with Crippen molar-refractivity contribution in [2.45, 2.75) is 26.2 Å². The van der Waals surface area contributed by atoms with Gasteiger partial charge in [0.05, 0.1) is 0 Å². The van der Waals surface area contributed by atoms with Crippen LogP contribution in [0.5, 0.6) is 11.6 Å². The van der Waals surface area contributed by atoms with Gasteiger partial charge in [0.25, 0.3) is 0 Å². The van der Waals surface area contributed by atoms with E-state index in [4.69, 9.17) is 21.7 Å². The molecule has 0 unspecified atom stereocenters. The summed E-state index contributed by atoms with van der Waals surface area (Å²) in [4.78, 5) is 7.77. The Balaban J connectivity index is 2.19. The van der Waals surface area contributed by atoms with Gasteiger partial charge in [0, 0.05) is 18.5 Å². The average Bonchev–Trinajstić information content (AvgIpc) is 2.46. The van der Waals surface area contributed by atoms with E-state index >= 15 is 0 Å². The van der Waals surface area contributed by atoms with Gasteiger partial charge < -0.3 is 10.1 Å². The zero-order chi connectivity index (χ0) is 14.4. The molecule has 2 rings (SSSR count). The highest BCUT2D eigenvalue weighted by Gasteiger charge is 2.05. The SMILES string of the molecule is CCCCc1ccc(Oc2ccnc(Cl)n2)cc1C=N. The minimum absolute atomic E-state index is 0.148. The third kappa shape index (κ3) is 3.78. The smallest absolute Gasteiger partial charge is 0.225 e. The average molecular weight is 290 g/mol. The minimum Gasteiger partial charge on any atom is -0.439 e. The highest BCUT2D eigenvalue weighted by molar-refractivity contribution is 6.28. The van der Waals surface area contributed by atoms with E-state index in [1.165, 1.54) is 12.4 Å². The first kappa shape index (κ1) is 14.5. The molecular formula is C15H16ClN3O. The molecule has 0 aliphatic rings. The van der Waals surface area contributed by atoms with Gasteiger partial charge in [-0.1, -0.05) is 19.4 Å². The number of halogens is 1. The standard InChI is InChI=1S/C15H16ClN3O/c1-2-3-4-11-5-6-13(9-12(11)10-17)20-14-7-8-18-15(16)19-14/h5-10,17H,2-4H2,1H3. The van der Waals surface area contributed by atoms with Crippen LogP contribution in [-0.4, -0.2) is 16.2 Å². The monoisotopic (exact) mass is 289 g/mol. The zero-order valence-electron chi connectivity index (χ0n) is 11.3. The van der Waals surface area contributed by atoms with Gasteiger partial charge in [-0.05, 0) is 47.7 Å². The maximum atomic E-state index is 7.50. The van der Waals surface area contributed by atoms with Crippen molar-refractivity contribution in [3.63, 3.8) is 0 Å². The van der Waals surface area contributed by atoms with Crippen LogP contribution in [0.1, 0.15) is 30.9 Å². The highest BCUT2D eigenvalue weighted by Crippen LogP contribution is 2.23. The first-order valence-corrected chi connectivity index (χ1v) is 6.90. The van der Waals surface area contributed by atoms with Crippen LogP contribution in [0.3, 0.4) is 0 Å². The Morgan fingerprint density at radius 2 is 2.20 bits per heavy atom. The molecule has 0 saturated carbocycles. The molecule has 104 valence electrons. The van der Waals surface area contributed by atoms with Crippen LogP contribution >= 0.6 is 11.6 Å². The highest BCUT2D eigenvalue weighted by atomic mass is 35.5. The first-order chi connectivity index (χ1) is 9.72. The van der Waals surface area contributed by atoms with Crippen LogP contribution in [0.25, 0.3) is 0 Å². The van der Waals surface area contributed by atoms with Crippen LogP contribution < -0.4 is 4.74 Å². The quantitative estimate of drug-likeness (QED) is 0.638.